The molecule has 178 valence electrons. The SMILES string of the molecule is CC[C@H](C)[C@H](N)C(=O)NS(=O)(=O)N(O)C[C@H]1O[C@@H](n2cnc3c(N)ncnc32)[C@H](O)[C@@H]1O. The van der Waals surface area contributed by atoms with E-state index in [2.05, 4.69) is 15.0 Å². The maximum absolute atomic E-state index is 12.3. The van der Waals surface area contributed by atoms with Crippen molar-refractivity contribution >= 4 is 33.1 Å². The van der Waals surface area contributed by atoms with Gasteiger partial charge in [-0.05, 0) is 5.92 Å². The molecule has 32 heavy (non-hydrogen) atoms. The highest BCUT2D eigenvalue weighted by molar-refractivity contribution is 7.87. The quantitative estimate of drug-likeness (QED) is 0.217. The normalized spacial score (nSPS) is 25.8. The van der Waals surface area contributed by atoms with Gasteiger partial charge in [0.15, 0.2) is 17.7 Å². The van der Waals surface area contributed by atoms with Crippen LogP contribution < -0.4 is 16.2 Å². The molecule has 0 aliphatic carbocycles. The zero-order valence-corrected chi connectivity index (χ0v) is 18.1. The topological polar surface area (TPSA) is 232 Å². The second-order valence-electron chi connectivity index (χ2n) is 7.52. The number of hydroxylamine groups is 1. The number of carbonyl (C=O) groups is 1. The van der Waals surface area contributed by atoms with Crippen molar-refractivity contribution in [3.05, 3.63) is 12.7 Å². The molecule has 1 fully saturated rings. The number of ether oxygens (including phenoxy) is 1. The summed E-state index contributed by atoms with van der Waals surface area (Å²) in [6.45, 7) is 2.67. The smallest absolute Gasteiger partial charge is 0.326 e. The molecule has 1 aliphatic heterocycles. The first kappa shape index (κ1) is 24.2. The summed E-state index contributed by atoms with van der Waals surface area (Å²) in [5.41, 5.74) is 11.9. The van der Waals surface area contributed by atoms with Gasteiger partial charge in [-0.25, -0.2) is 19.7 Å². The summed E-state index contributed by atoms with van der Waals surface area (Å²) in [7, 11) is -4.71. The Hall–Kier alpha value is -2.47. The minimum absolute atomic E-state index is 0.0947. The highest BCUT2D eigenvalue weighted by atomic mass is 32.2. The van der Waals surface area contributed by atoms with E-state index in [4.69, 9.17) is 16.2 Å². The molecule has 16 heteroatoms. The van der Waals surface area contributed by atoms with Gasteiger partial charge in [0, 0.05) is 0 Å². The second kappa shape index (κ2) is 9.18. The number of rotatable bonds is 8. The molecule has 0 saturated carbocycles. The van der Waals surface area contributed by atoms with Crippen LogP contribution in [0.1, 0.15) is 26.5 Å². The van der Waals surface area contributed by atoms with Crippen molar-refractivity contribution in [3.8, 4) is 0 Å². The van der Waals surface area contributed by atoms with Crippen LogP contribution in [0.15, 0.2) is 12.7 Å². The van der Waals surface area contributed by atoms with Gasteiger partial charge in [-0.3, -0.25) is 14.6 Å². The first-order chi connectivity index (χ1) is 15.0. The first-order valence-corrected chi connectivity index (χ1v) is 11.1. The standard InChI is InChI=1S/C16H26N8O7S/c1-3-7(2)9(17)15(27)22-32(29,30)24(28)4-8-11(25)12(26)16(31-8)23-6-21-10-13(18)19-5-20-14(10)23/h5-9,11-12,16,25-26,28H,3-4,17H2,1-2H3,(H,22,27)(H2,18,19,20)/t7-,8+,9-,11+,12+,16+/m0/s1. The van der Waals surface area contributed by atoms with E-state index in [1.54, 1.807) is 18.6 Å². The maximum atomic E-state index is 12.3. The summed E-state index contributed by atoms with van der Waals surface area (Å²) in [4.78, 5) is 23.9. The van der Waals surface area contributed by atoms with Crippen molar-refractivity contribution in [1.82, 2.24) is 28.7 Å². The predicted octanol–water partition coefficient (Wildman–Crippen LogP) is -2.55. The highest BCUT2D eigenvalue weighted by Gasteiger charge is 2.46. The second-order valence-corrected chi connectivity index (χ2v) is 9.09. The zero-order chi connectivity index (χ0) is 23.8. The van der Waals surface area contributed by atoms with Crippen LogP contribution in [0.4, 0.5) is 5.82 Å². The van der Waals surface area contributed by atoms with Crippen molar-refractivity contribution < 1.29 is 33.4 Å². The fourth-order valence-electron chi connectivity index (χ4n) is 3.18. The summed E-state index contributed by atoms with van der Waals surface area (Å²) in [6.07, 6.45) is -2.68. The molecular weight excluding hydrogens is 448 g/mol. The van der Waals surface area contributed by atoms with Crippen molar-refractivity contribution in [2.45, 2.75) is 50.8 Å². The average Bonchev–Trinajstić information content (AvgIpc) is 3.29. The fraction of sp³-hybridized carbons (Fsp3) is 0.625. The van der Waals surface area contributed by atoms with Crippen molar-refractivity contribution in [1.29, 1.82) is 0 Å². The lowest BCUT2D eigenvalue weighted by molar-refractivity contribution is -0.122. The van der Waals surface area contributed by atoms with Crippen LogP contribution in [0.2, 0.25) is 0 Å². The molecule has 0 bridgehead atoms. The molecular formula is C16H26N8O7S. The Bertz CT molecular complexity index is 1080. The molecule has 0 spiro atoms. The Morgan fingerprint density at radius 3 is 2.69 bits per heavy atom. The van der Waals surface area contributed by atoms with Gasteiger partial charge in [0.1, 0.15) is 30.2 Å². The Labute approximate surface area is 183 Å². The molecule has 1 aliphatic rings. The van der Waals surface area contributed by atoms with E-state index < -0.39 is 53.2 Å². The number of nitrogen functional groups attached to an aromatic ring is 1. The summed E-state index contributed by atoms with van der Waals surface area (Å²) in [5, 5.41) is 30.8. The number of nitrogens with one attached hydrogen (secondary N) is 1. The van der Waals surface area contributed by atoms with E-state index in [0.29, 0.717) is 6.42 Å². The van der Waals surface area contributed by atoms with E-state index >= 15 is 0 Å². The third-order valence-electron chi connectivity index (χ3n) is 5.40. The van der Waals surface area contributed by atoms with Crippen LogP contribution in [0.5, 0.6) is 0 Å². The molecule has 3 heterocycles. The highest BCUT2D eigenvalue weighted by Crippen LogP contribution is 2.32. The van der Waals surface area contributed by atoms with E-state index in [0.717, 1.165) is 0 Å². The van der Waals surface area contributed by atoms with Crippen LogP contribution in [0, 0.1) is 5.92 Å². The van der Waals surface area contributed by atoms with E-state index in [1.807, 2.05) is 0 Å². The van der Waals surface area contributed by atoms with E-state index in [-0.39, 0.29) is 27.4 Å². The molecule has 1 amide bonds. The third-order valence-corrected chi connectivity index (χ3v) is 6.56. The number of nitrogens with two attached hydrogens (primary N) is 2. The summed E-state index contributed by atoms with van der Waals surface area (Å²) < 4.78 is 32.9. The molecule has 2 aromatic heterocycles. The predicted molar refractivity (Wildman–Crippen MR) is 109 cm³/mol. The maximum Gasteiger partial charge on any atom is 0.326 e. The third kappa shape index (κ3) is 4.51. The Balaban J connectivity index is 1.72. The van der Waals surface area contributed by atoms with Crippen molar-refractivity contribution in [3.63, 3.8) is 0 Å². The number of anilines is 1. The lowest BCUT2D eigenvalue weighted by Crippen LogP contribution is -2.52. The van der Waals surface area contributed by atoms with E-state index in [1.165, 1.54) is 17.2 Å². The van der Waals surface area contributed by atoms with Gasteiger partial charge in [-0.2, -0.15) is 8.42 Å². The van der Waals surface area contributed by atoms with Gasteiger partial charge in [-0.1, -0.05) is 24.7 Å². The van der Waals surface area contributed by atoms with Crippen LogP contribution >= 0.6 is 0 Å². The largest absolute Gasteiger partial charge is 0.387 e. The Morgan fingerprint density at radius 1 is 1.34 bits per heavy atom. The van der Waals surface area contributed by atoms with Gasteiger partial charge in [0.05, 0.1) is 18.9 Å². The molecule has 0 radical (unpaired) electrons. The van der Waals surface area contributed by atoms with Gasteiger partial charge in [0.2, 0.25) is 0 Å². The molecule has 0 unspecified atom stereocenters. The number of aliphatic hydroxyl groups excluding tert-OH is 2. The number of amides is 1. The van der Waals surface area contributed by atoms with Crippen LogP contribution in [-0.4, -0.2) is 84.6 Å². The number of carbonyl (C=O) groups excluding carboxylic acids is 1. The average molecular weight is 475 g/mol. The number of imidazole rings is 1. The number of hydrogen-bond acceptors (Lipinski definition) is 12. The monoisotopic (exact) mass is 474 g/mol. The fourth-order valence-corrected chi connectivity index (χ4v) is 4.02. The number of aromatic nitrogens is 4. The lowest BCUT2D eigenvalue weighted by atomic mass is 10.00. The molecule has 15 nitrogen and oxygen atoms in total. The van der Waals surface area contributed by atoms with Crippen LogP contribution in [0.25, 0.3) is 11.2 Å². The van der Waals surface area contributed by atoms with Crippen molar-refractivity contribution in [2.24, 2.45) is 11.7 Å². The Kier molecular flexibility index (Phi) is 6.94. The van der Waals surface area contributed by atoms with Gasteiger partial charge in [0.25, 0.3) is 5.91 Å². The van der Waals surface area contributed by atoms with Crippen LogP contribution in [-0.2, 0) is 19.7 Å². The molecule has 8 N–H and O–H groups in total. The number of hydrogen-bond donors (Lipinski definition) is 6. The molecule has 6 atom stereocenters. The van der Waals surface area contributed by atoms with Gasteiger partial charge >= 0.3 is 10.2 Å². The number of nitrogens with zero attached hydrogens (tertiary/aromatic N) is 5. The molecule has 0 aromatic carbocycles. The van der Waals surface area contributed by atoms with Crippen LogP contribution in [0.3, 0.4) is 0 Å². The Morgan fingerprint density at radius 2 is 2.03 bits per heavy atom. The minimum atomic E-state index is -4.71. The minimum Gasteiger partial charge on any atom is -0.387 e. The summed E-state index contributed by atoms with van der Waals surface area (Å²) in [6, 6.07) is -1.10. The summed E-state index contributed by atoms with van der Waals surface area (Å²) in [5.74, 6) is -1.19. The molecule has 2 aromatic rings. The lowest BCUT2D eigenvalue weighted by Gasteiger charge is -2.23. The number of aliphatic hydroxyl groups is 2. The number of fused-ring (bicyclic) bond motifs is 1. The van der Waals surface area contributed by atoms with Crippen molar-refractivity contribution in [2.75, 3.05) is 12.3 Å². The van der Waals surface area contributed by atoms with E-state index in [9.17, 15) is 28.6 Å². The molecule has 3 rings (SSSR count). The molecule has 1 saturated heterocycles. The zero-order valence-electron chi connectivity index (χ0n) is 17.3. The first-order valence-electron chi connectivity index (χ1n) is 9.71. The van der Waals surface area contributed by atoms with Gasteiger partial charge in [-0.15, -0.1) is 0 Å². The summed E-state index contributed by atoms with van der Waals surface area (Å²) >= 11 is 0. The van der Waals surface area contributed by atoms with Gasteiger partial charge < -0.3 is 26.4 Å².